The second-order valence-electron chi connectivity index (χ2n) is 5.99. The molecule has 4 heteroatoms. The van der Waals surface area contributed by atoms with Gasteiger partial charge in [0.25, 0.3) is 5.91 Å². The summed E-state index contributed by atoms with van der Waals surface area (Å²) >= 11 is 3.39. The Balaban J connectivity index is 1.64. The highest BCUT2D eigenvalue weighted by Gasteiger charge is 2.21. The Morgan fingerprint density at radius 1 is 0.960 bits per heavy atom. The van der Waals surface area contributed by atoms with Crippen molar-refractivity contribution in [1.29, 1.82) is 0 Å². The van der Waals surface area contributed by atoms with Gasteiger partial charge in [-0.05, 0) is 41.8 Å². The average molecular weight is 396 g/mol. The van der Waals surface area contributed by atoms with E-state index in [1.54, 1.807) is 0 Å². The lowest BCUT2D eigenvalue weighted by molar-refractivity contribution is -0.705. The van der Waals surface area contributed by atoms with Crippen LogP contribution in [0, 0.1) is 0 Å². The van der Waals surface area contributed by atoms with Gasteiger partial charge in [-0.3, -0.25) is 4.79 Å². The summed E-state index contributed by atoms with van der Waals surface area (Å²) in [4.78, 5) is 12.4. The van der Waals surface area contributed by atoms with Crippen LogP contribution in [-0.2, 0) is 11.2 Å². The lowest BCUT2D eigenvalue weighted by atomic mass is 10.1. The fourth-order valence-electron chi connectivity index (χ4n) is 2.59. The number of benzene rings is 2. The van der Waals surface area contributed by atoms with Crippen LogP contribution in [0.25, 0.3) is 0 Å². The smallest absolute Gasteiger partial charge is 0.293 e. The van der Waals surface area contributed by atoms with Gasteiger partial charge in [0.15, 0.2) is 12.4 Å². The first-order valence-electron chi connectivity index (χ1n) is 8.22. The van der Waals surface area contributed by atoms with Gasteiger partial charge in [-0.1, -0.05) is 46.3 Å². The van der Waals surface area contributed by atoms with E-state index < -0.39 is 0 Å². The third kappa shape index (κ3) is 4.77. The van der Waals surface area contributed by atoms with Crippen LogP contribution in [0.3, 0.4) is 0 Å². The van der Waals surface area contributed by atoms with E-state index in [0.717, 1.165) is 16.6 Å². The molecule has 0 aliphatic carbocycles. The molecule has 3 nitrogen and oxygen atoms in total. The summed E-state index contributed by atoms with van der Waals surface area (Å²) in [7, 11) is 0. The Hall–Kier alpha value is -2.46. The monoisotopic (exact) mass is 395 g/mol. The maximum Gasteiger partial charge on any atom is 0.293 e. The molecular formula is C21H20BrN2O+. The zero-order valence-corrected chi connectivity index (χ0v) is 15.6. The number of pyridine rings is 1. The number of hydrogen-bond acceptors (Lipinski definition) is 1. The molecule has 1 atom stereocenters. The molecule has 3 aromatic rings. The van der Waals surface area contributed by atoms with E-state index in [2.05, 4.69) is 45.5 Å². The Morgan fingerprint density at radius 2 is 1.56 bits per heavy atom. The van der Waals surface area contributed by atoms with Crippen LogP contribution in [0.5, 0.6) is 0 Å². The predicted octanol–water partition coefficient (Wildman–Crippen LogP) is 4.53. The van der Waals surface area contributed by atoms with Crippen molar-refractivity contribution in [3.8, 4) is 0 Å². The highest BCUT2D eigenvalue weighted by Crippen LogP contribution is 2.15. The van der Waals surface area contributed by atoms with Crippen LogP contribution in [0.15, 0.2) is 83.6 Å². The molecule has 3 rings (SSSR count). The fraction of sp³-hybridized carbons (Fsp3) is 0.143. The number of carbonyl (C=O) groups is 1. The van der Waals surface area contributed by atoms with Gasteiger partial charge in [0.05, 0.1) is 0 Å². The SMILES string of the molecule is C[C@@H](C(=O)Nc1ccc(Br)cc1)[n+]1ccc(Cc2ccccc2)cc1. The number of nitrogens with one attached hydrogen (secondary N) is 1. The minimum atomic E-state index is -0.283. The van der Waals surface area contributed by atoms with E-state index in [4.69, 9.17) is 0 Å². The third-order valence-electron chi connectivity index (χ3n) is 4.11. The summed E-state index contributed by atoms with van der Waals surface area (Å²) in [5, 5.41) is 2.94. The maximum absolute atomic E-state index is 12.4. The van der Waals surface area contributed by atoms with Crippen LogP contribution in [-0.4, -0.2) is 5.91 Å². The molecule has 0 bridgehead atoms. The van der Waals surface area contributed by atoms with Gasteiger partial charge in [0.1, 0.15) is 0 Å². The molecule has 1 amide bonds. The molecule has 2 aromatic carbocycles. The van der Waals surface area contributed by atoms with Gasteiger partial charge in [0, 0.05) is 29.2 Å². The quantitative estimate of drug-likeness (QED) is 0.632. The van der Waals surface area contributed by atoms with Crippen LogP contribution < -0.4 is 9.88 Å². The minimum absolute atomic E-state index is 0.0388. The summed E-state index contributed by atoms with van der Waals surface area (Å²) in [5.41, 5.74) is 3.30. The molecule has 0 spiro atoms. The summed E-state index contributed by atoms with van der Waals surface area (Å²) in [5.74, 6) is -0.0388. The number of carbonyl (C=O) groups excluding carboxylic acids is 1. The molecule has 25 heavy (non-hydrogen) atoms. The molecule has 1 heterocycles. The number of amides is 1. The second-order valence-corrected chi connectivity index (χ2v) is 6.90. The van der Waals surface area contributed by atoms with E-state index in [1.165, 1.54) is 11.1 Å². The van der Waals surface area contributed by atoms with Gasteiger partial charge in [-0.2, -0.15) is 4.57 Å². The summed E-state index contributed by atoms with van der Waals surface area (Å²) in [6.45, 7) is 1.89. The molecule has 1 aromatic heterocycles. The van der Waals surface area contributed by atoms with Crippen LogP contribution in [0.4, 0.5) is 5.69 Å². The predicted molar refractivity (Wildman–Crippen MR) is 103 cm³/mol. The third-order valence-corrected chi connectivity index (χ3v) is 4.64. The molecule has 0 fully saturated rings. The van der Waals surface area contributed by atoms with Gasteiger partial charge in [-0.25, -0.2) is 0 Å². The van der Waals surface area contributed by atoms with Crippen molar-refractivity contribution in [3.05, 3.63) is 94.7 Å². The Labute approximate surface area is 156 Å². The Bertz CT molecular complexity index is 830. The average Bonchev–Trinajstić information content (AvgIpc) is 2.64. The van der Waals surface area contributed by atoms with Crippen molar-refractivity contribution in [2.24, 2.45) is 0 Å². The standard InChI is InChI=1S/C21H19BrN2O/c1-16(21(25)23-20-9-7-19(22)8-10-20)24-13-11-18(12-14-24)15-17-5-3-2-4-6-17/h2-14,16H,15H2,1H3/p+1/t16-/m0/s1. The van der Waals surface area contributed by atoms with Crippen LogP contribution in [0.1, 0.15) is 24.1 Å². The van der Waals surface area contributed by atoms with Crippen molar-refractivity contribution in [3.63, 3.8) is 0 Å². The molecule has 0 radical (unpaired) electrons. The Kier molecular flexibility index (Phi) is 5.61. The van der Waals surface area contributed by atoms with Crippen molar-refractivity contribution in [2.75, 3.05) is 5.32 Å². The molecule has 1 N–H and O–H groups in total. The largest absolute Gasteiger partial charge is 0.320 e. The fourth-order valence-corrected chi connectivity index (χ4v) is 2.86. The summed E-state index contributed by atoms with van der Waals surface area (Å²) < 4.78 is 2.91. The minimum Gasteiger partial charge on any atom is -0.320 e. The zero-order valence-electron chi connectivity index (χ0n) is 14.0. The van der Waals surface area contributed by atoms with Crippen molar-refractivity contribution < 1.29 is 9.36 Å². The summed E-state index contributed by atoms with van der Waals surface area (Å²) in [6.07, 6.45) is 4.81. The second kappa shape index (κ2) is 8.08. The van der Waals surface area contributed by atoms with Gasteiger partial charge < -0.3 is 5.32 Å². The first-order chi connectivity index (χ1) is 12.1. The Morgan fingerprint density at radius 3 is 2.20 bits per heavy atom. The van der Waals surface area contributed by atoms with E-state index >= 15 is 0 Å². The number of rotatable bonds is 5. The van der Waals surface area contributed by atoms with Crippen molar-refractivity contribution in [2.45, 2.75) is 19.4 Å². The topological polar surface area (TPSA) is 33.0 Å². The van der Waals surface area contributed by atoms with E-state index in [-0.39, 0.29) is 11.9 Å². The van der Waals surface area contributed by atoms with E-state index in [0.29, 0.717) is 0 Å². The molecule has 0 unspecified atom stereocenters. The highest BCUT2D eigenvalue weighted by atomic mass is 79.9. The molecule has 126 valence electrons. The molecule has 0 saturated heterocycles. The van der Waals surface area contributed by atoms with Crippen LogP contribution in [0.2, 0.25) is 0 Å². The number of nitrogens with zero attached hydrogens (tertiary/aromatic N) is 1. The number of anilines is 1. The maximum atomic E-state index is 12.4. The normalized spacial score (nSPS) is 11.8. The first-order valence-corrected chi connectivity index (χ1v) is 9.01. The van der Waals surface area contributed by atoms with Crippen LogP contribution >= 0.6 is 15.9 Å². The molecule has 0 aliphatic heterocycles. The first kappa shape index (κ1) is 17.4. The zero-order chi connectivity index (χ0) is 17.6. The molecular weight excluding hydrogens is 376 g/mol. The van der Waals surface area contributed by atoms with Gasteiger partial charge in [0.2, 0.25) is 6.04 Å². The van der Waals surface area contributed by atoms with E-state index in [9.17, 15) is 4.79 Å². The number of halogens is 1. The van der Waals surface area contributed by atoms with Crippen molar-refractivity contribution in [1.82, 2.24) is 0 Å². The molecule has 0 saturated carbocycles. The van der Waals surface area contributed by atoms with Gasteiger partial charge in [-0.15, -0.1) is 0 Å². The lowest BCUT2D eigenvalue weighted by Gasteiger charge is -2.09. The van der Waals surface area contributed by atoms with Crippen molar-refractivity contribution >= 4 is 27.5 Å². The summed E-state index contributed by atoms with van der Waals surface area (Å²) in [6, 6.07) is 21.8. The number of hydrogen-bond donors (Lipinski definition) is 1. The van der Waals surface area contributed by atoms with E-state index in [1.807, 2.05) is 66.3 Å². The molecule has 0 aliphatic rings. The van der Waals surface area contributed by atoms with Gasteiger partial charge >= 0.3 is 0 Å². The number of aromatic nitrogens is 1. The highest BCUT2D eigenvalue weighted by molar-refractivity contribution is 9.10. The lowest BCUT2D eigenvalue weighted by Crippen LogP contribution is -2.44.